The first-order valence-corrected chi connectivity index (χ1v) is 11.7. The van der Waals surface area contributed by atoms with Gasteiger partial charge in [-0.1, -0.05) is 30.3 Å². The number of amides is 2. The van der Waals surface area contributed by atoms with Crippen LogP contribution in [0.25, 0.3) is 17.0 Å². The lowest BCUT2D eigenvalue weighted by molar-refractivity contribution is -0.384. The minimum absolute atomic E-state index is 0.0428. The Hall–Kier alpha value is -5.25. The van der Waals surface area contributed by atoms with E-state index in [-0.39, 0.29) is 16.9 Å². The fourth-order valence-corrected chi connectivity index (χ4v) is 3.80. The van der Waals surface area contributed by atoms with Gasteiger partial charge in [0, 0.05) is 59.6 Å². The molecule has 10 heteroatoms. The molecule has 1 heterocycles. The van der Waals surface area contributed by atoms with Gasteiger partial charge in [-0.3, -0.25) is 19.7 Å². The number of hydrogen-bond acceptors (Lipinski definition) is 6. The van der Waals surface area contributed by atoms with Gasteiger partial charge in [-0.25, -0.2) is 5.43 Å². The zero-order valence-electron chi connectivity index (χ0n) is 21.1. The van der Waals surface area contributed by atoms with Crippen molar-refractivity contribution in [1.82, 2.24) is 15.7 Å². The van der Waals surface area contributed by atoms with Gasteiger partial charge in [0.15, 0.2) is 0 Å². The van der Waals surface area contributed by atoms with Gasteiger partial charge < -0.3 is 15.2 Å². The van der Waals surface area contributed by atoms with Crippen molar-refractivity contribution in [2.75, 3.05) is 19.0 Å². The molecule has 1 aromatic heterocycles. The van der Waals surface area contributed by atoms with Crippen molar-refractivity contribution in [2.24, 2.45) is 5.10 Å². The van der Waals surface area contributed by atoms with Gasteiger partial charge in [0.05, 0.1) is 11.1 Å². The Balaban J connectivity index is 1.58. The van der Waals surface area contributed by atoms with Crippen LogP contribution in [0.3, 0.4) is 0 Å². The summed E-state index contributed by atoms with van der Waals surface area (Å²) < 4.78 is 0. The second-order valence-corrected chi connectivity index (χ2v) is 8.71. The number of H-pyrrole nitrogens is 1. The van der Waals surface area contributed by atoms with Crippen molar-refractivity contribution < 1.29 is 14.5 Å². The number of carbonyl (C=O) groups excluding carboxylic acids is 2. The van der Waals surface area contributed by atoms with Crippen molar-refractivity contribution in [3.8, 4) is 0 Å². The number of hydrogen-bond donors (Lipinski definition) is 3. The molecule has 0 atom stereocenters. The average Bonchev–Trinajstić information content (AvgIpc) is 3.23. The van der Waals surface area contributed by atoms with E-state index in [4.69, 9.17) is 0 Å². The van der Waals surface area contributed by atoms with Crippen molar-refractivity contribution in [3.05, 3.63) is 111 Å². The first-order chi connectivity index (χ1) is 18.2. The number of benzene rings is 3. The molecule has 0 bridgehead atoms. The number of carbonyl (C=O) groups is 2. The number of aryl methyl sites for hydroxylation is 1. The van der Waals surface area contributed by atoms with E-state index in [1.807, 2.05) is 74.4 Å². The van der Waals surface area contributed by atoms with E-state index in [0.29, 0.717) is 5.56 Å². The second-order valence-electron chi connectivity index (χ2n) is 8.71. The highest BCUT2D eigenvalue weighted by atomic mass is 16.6. The normalized spacial score (nSPS) is 11.5. The molecule has 0 radical (unpaired) electrons. The third kappa shape index (κ3) is 5.93. The molecule has 0 saturated carbocycles. The predicted octanol–water partition coefficient (Wildman–Crippen LogP) is 4.37. The van der Waals surface area contributed by atoms with Gasteiger partial charge in [-0.2, -0.15) is 5.10 Å². The fourth-order valence-electron chi connectivity index (χ4n) is 3.80. The van der Waals surface area contributed by atoms with Crippen LogP contribution in [0.2, 0.25) is 0 Å². The van der Waals surface area contributed by atoms with E-state index in [2.05, 4.69) is 20.8 Å². The minimum atomic E-state index is -0.634. The summed E-state index contributed by atoms with van der Waals surface area (Å²) >= 11 is 0. The van der Waals surface area contributed by atoms with Crippen LogP contribution >= 0.6 is 0 Å². The summed E-state index contributed by atoms with van der Waals surface area (Å²) in [6, 6.07) is 20.3. The number of nitrogens with one attached hydrogen (secondary N) is 3. The van der Waals surface area contributed by atoms with Crippen LogP contribution < -0.4 is 15.6 Å². The summed E-state index contributed by atoms with van der Waals surface area (Å²) in [6.45, 7) is 1.91. The summed E-state index contributed by atoms with van der Waals surface area (Å²) in [5.74, 6) is -1.23. The van der Waals surface area contributed by atoms with Crippen molar-refractivity contribution >= 4 is 46.4 Å². The number of nitro groups is 1. The molecule has 0 saturated heterocycles. The summed E-state index contributed by atoms with van der Waals surface area (Å²) in [4.78, 5) is 41.6. The minimum Gasteiger partial charge on any atom is -0.378 e. The zero-order valence-corrected chi connectivity index (χ0v) is 21.1. The Labute approximate surface area is 218 Å². The fraction of sp³-hybridized carbons (Fsp3) is 0.107. The highest BCUT2D eigenvalue weighted by molar-refractivity contribution is 6.06. The number of anilines is 1. The van der Waals surface area contributed by atoms with Gasteiger partial charge in [0.1, 0.15) is 5.70 Å². The van der Waals surface area contributed by atoms with E-state index >= 15 is 0 Å². The molecule has 0 aliphatic rings. The number of aromatic amines is 1. The molecule has 4 rings (SSSR count). The molecule has 192 valence electrons. The molecule has 2 amide bonds. The Morgan fingerprint density at radius 1 is 1.00 bits per heavy atom. The number of nitro benzene ring substituents is 1. The number of nitrogens with zero attached hydrogens (tertiary/aromatic N) is 3. The van der Waals surface area contributed by atoms with E-state index in [1.165, 1.54) is 30.3 Å². The van der Waals surface area contributed by atoms with E-state index in [9.17, 15) is 19.7 Å². The summed E-state index contributed by atoms with van der Waals surface area (Å²) in [7, 11) is 3.84. The summed E-state index contributed by atoms with van der Waals surface area (Å²) in [5.41, 5.74) is 6.80. The van der Waals surface area contributed by atoms with Crippen molar-refractivity contribution in [3.63, 3.8) is 0 Å². The average molecular weight is 511 g/mol. The maximum atomic E-state index is 13.1. The van der Waals surface area contributed by atoms with Crippen molar-refractivity contribution in [2.45, 2.75) is 6.92 Å². The van der Waals surface area contributed by atoms with Crippen molar-refractivity contribution in [1.29, 1.82) is 0 Å². The van der Waals surface area contributed by atoms with Crippen LogP contribution in [0, 0.1) is 17.0 Å². The van der Waals surface area contributed by atoms with E-state index in [1.54, 1.807) is 6.21 Å². The molecular formula is C28H26N6O4. The Kier molecular flexibility index (Phi) is 7.62. The monoisotopic (exact) mass is 510 g/mol. The van der Waals surface area contributed by atoms with Gasteiger partial charge in [0.25, 0.3) is 17.5 Å². The van der Waals surface area contributed by atoms with Gasteiger partial charge >= 0.3 is 0 Å². The lowest BCUT2D eigenvalue weighted by Crippen LogP contribution is -2.32. The third-order valence-corrected chi connectivity index (χ3v) is 5.86. The SMILES string of the molecule is Cc1[nH]c2ccccc2c1/C=N/NC(=O)/C(=C\c1ccc(N(C)C)cc1)NC(=O)c1ccc([N+](=O)[O-])cc1. The number of hydrazone groups is 1. The van der Waals surface area contributed by atoms with Gasteiger partial charge in [0.2, 0.25) is 0 Å². The number of aromatic nitrogens is 1. The van der Waals surface area contributed by atoms with Crippen LogP contribution in [0.1, 0.15) is 27.2 Å². The first-order valence-electron chi connectivity index (χ1n) is 11.7. The predicted molar refractivity (Wildman–Crippen MR) is 148 cm³/mol. The summed E-state index contributed by atoms with van der Waals surface area (Å²) in [6.07, 6.45) is 3.08. The lowest BCUT2D eigenvalue weighted by atomic mass is 10.1. The molecular weight excluding hydrogens is 484 g/mol. The number of para-hydroxylation sites is 1. The number of fused-ring (bicyclic) bond motifs is 1. The number of rotatable bonds is 8. The Morgan fingerprint density at radius 3 is 2.34 bits per heavy atom. The molecule has 0 aliphatic carbocycles. The highest BCUT2D eigenvalue weighted by Gasteiger charge is 2.16. The lowest BCUT2D eigenvalue weighted by Gasteiger charge is -2.12. The van der Waals surface area contributed by atoms with Crippen LogP contribution in [-0.2, 0) is 4.79 Å². The maximum absolute atomic E-state index is 13.1. The molecule has 0 unspecified atom stereocenters. The third-order valence-electron chi connectivity index (χ3n) is 5.86. The Morgan fingerprint density at radius 2 is 1.68 bits per heavy atom. The quantitative estimate of drug-likeness (QED) is 0.140. The Bertz CT molecular complexity index is 1550. The van der Waals surface area contributed by atoms with E-state index in [0.717, 1.165) is 27.8 Å². The molecule has 0 aliphatic heterocycles. The van der Waals surface area contributed by atoms with Crippen LogP contribution in [-0.4, -0.2) is 42.0 Å². The summed E-state index contributed by atoms with van der Waals surface area (Å²) in [5, 5.41) is 18.6. The molecule has 0 spiro atoms. The van der Waals surface area contributed by atoms with Crippen LogP contribution in [0.15, 0.2) is 83.6 Å². The topological polar surface area (TPSA) is 133 Å². The van der Waals surface area contributed by atoms with E-state index < -0.39 is 16.7 Å². The molecule has 38 heavy (non-hydrogen) atoms. The second kappa shape index (κ2) is 11.2. The molecule has 3 aromatic carbocycles. The maximum Gasteiger partial charge on any atom is 0.287 e. The smallest absolute Gasteiger partial charge is 0.287 e. The first kappa shape index (κ1) is 25.8. The van der Waals surface area contributed by atoms with Crippen LogP contribution in [0.4, 0.5) is 11.4 Å². The largest absolute Gasteiger partial charge is 0.378 e. The van der Waals surface area contributed by atoms with Crippen LogP contribution in [0.5, 0.6) is 0 Å². The molecule has 10 nitrogen and oxygen atoms in total. The number of non-ortho nitro benzene ring substituents is 1. The standard InChI is InChI=1S/C28H26N6O4/c1-18-24(23-6-4-5-7-25(23)30-18)17-29-32-28(36)26(16-19-8-12-21(13-9-19)33(2)3)31-27(35)20-10-14-22(15-11-20)34(37)38/h4-17,30H,1-3H3,(H,31,35)(H,32,36)/b26-16+,29-17+. The molecule has 4 aromatic rings. The highest BCUT2D eigenvalue weighted by Crippen LogP contribution is 2.20. The zero-order chi connectivity index (χ0) is 27.2. The van der Waals surface area contributed by atoms with Gasteiger partial charge in [-0.05, 0) is 48.9 Å². The molecule has 3 N–H and O–H groups in total. The van der Waals surface area contributed by atoms with Gasteiger partial charge in [-0.15, -0.1) is 0 Å². The molecule has 0 fully saturated rings.